The number of anilines is 1. The van der Waals surface area contributed by atoms with E-state index in [1.54, 1.807) is 28.8 Å². The molecule has 1 aliphatic rings. The third kappa shape index (κ3) is 3.42. The maximum Gasteiger partial charge on any atom is 0.290 e. The molecular weight excluding hydrogens is 312 g/mol. The van der Waals surface area contributed by atoms with Crippen molar-refractivity contribution in [1.82, 2.24) is 4.90 Å². The summed E-state index contributed by atoms with van der Waals surface area (Å²) in [5.74, 6) is -0.112. The Morgan fingerprint density at radius 3 is 2.70 bits per heavy atom. The van der Waals surface area contributed by atoms with Gasteiger partial charge in [0.15, 0.2) is 5.76 Å². The van der Waals surface area contributed by atoms with Crippen molar-refractivity contribution in [2.75, 3.05) is 18.1 Å². The summed E-state index contributed by atoms with van der Waals surface area (Å²) in [5.41, 5.74) is 0.741. The Bertz CT molecular complexity index is 682. The van der Waals surface area contributed by atoms with Crippen LogP contribution in [0.1, 0.15) is 23.4 Å². The number of carbonyl (C=O) groups is 2. The monoisotopic (exact) mass is 330 g/mol. The first-order valence-corrected chi connectivity index (χ1v) is 8.71. The second-order valence-corrected chi connectivity index (χ2v) is 6.23. The Hall–Kier alpha value is -2.21. The van der Waals surface area contributed by atoms with Gasteiger partial charge in [-0.3, -0.25) is 9.59 Å². The first kappa shape index (κ1) is 15.7. The largest absolute Gasteiger partial charge is 0.459 e. The van der Waals surface area contributed by atoms with Gasteiger partial charge in [-0.1, -0.05) is 0 Å². The second kappa shape index (κ2) is 6.91. The summed E-state index contributed by atoms with van der Waals surface area (Å²) in [4.78, 5) is 27.6. The van der Waals surface area contributed by atoms with E-state index in [0.29, 0.717) is 13.0 Å². The van der Waals surface area contributed by atoms with Crippen molar-refractivity contribution in [1.29, 1.82) is 0 Å². The van der Waals surface area contributed by atoms with Crippen molar-refractivity contribution < 1.29 is 14.0 Å². The normalized spacial score (nSPS) is 17.3. The van der Waals surface area contributed by atoms with Gasteiger partial charge in [-0.05, 0) is 55.5 Å². The van der Waals surface area contributed by atoms with E-state index in [1.807, 2.05) is 30.5 Å². The number of carbonyl (C=O) groups excluding carboxylic acids is 2. The van der Waals surface area contributed by atoms with Crippen LogP contribution in [-0.2, 0) is 4.79 Å². The summed E-state index contributed by atoms with van der Waals surface area (Å²) >= 11 is 1.65. The maximum absolute atomic E-state index is 12.5. The maximum atomic E-state index is 12.5. The number of rotatable bonds is 4. The minimum absolute atomic E-state index is 0.153. The van der Waals surface area contributed by atoms with Crippen molar-refractivity contribution in [2.24, 2.45) is 0 Å². The number of hydrogen-bond acceptors (Lipinski definition) is 4. The molecule has 0 radical (unpaired) electrons. The van der Waals surface area contributed by atoms with Crippen LogP contribution in [0.5, 0.6) is 0 Å². The molecular formula is C17H18N2O3S. The highest BCUT2D eigenvalue weighted by molar-refractivity contribution is 7.98. The molecule has 1 saturated heterocycles. The third-order valence-electron chi connectivity index (χ3n) is 3.91. The number of furan rings is 1. The predicted molar refractivity (Wildman–Crippen MR) is 89.6 cm³/mol. The van der Waals surface area contributed by atoms with Gasteiger partial charge < -0.3 is 14.6 Å². The summed E-state index contributed by atoms with van der Waals surface area (Å²) in [6, 6.07) is 10.5. The summed E-state index contributed by atoms with van der Waals surface area (Å²) in [6.07, 6.45) is 4.95. The highest BCUT2D eigenvalue weighted by Gasteiger charge is 2.35. The molecule has 0 spiro atoms. The lowest BCUT2D eigenvalue weighted by atomic mass is 10.2. The molecule has 0 aliphatic carbocycles. The van der Waals surface area contributed by atoms with Crippen LogP contribution < -0.4 is 5.32 Å². The van der Waals surface area contributed by atoms with Crippen LogP contribution in [0.4, 0.5) is 5.69 Å². The molecule has 1 atom stereocenters. The number of benzene rings is 1. The molecule has 3 rings (SSSR count). The van der Waals surface area contributed by atoms with Crippen molar-refractivity contribution in [3.05, 3.63) is 48.4 Å². The number of amides is 2. The van der Waals surface area contributed by atoms with Gasteiger partial charge in [-0.15, -0.1) is 11.8 Å². The molecule has 2 aromatic rings. The fourth-order valence-corrected chi connectivity index (χ4v) is 3.13. The molecule has 0 saturated carbocycles. The molecule has 6 heteroatoms. The van der Waals surface area contributed by atoms with E-state index < -0.39 is 6.04 Å². The average molecular weight is 330 g/mol. The summed E-state index contributed by atoms with van der Waals surface area (Å²) < 4.78 is 5.15. The molecule has 2 heterocycles. The Balaban J connectivity index is 1.69. The van der Waals surface area contributed by atoms with E-state index in [2.05, 4.69) is 5.32 Å². The second-order valence-electron chi connectivity index (χ2n) is 5.35. The first-order valence-electron chi connectivity index (χ1n) is 7.48. The number of hydrogen-bond donors (Lipinski definition) is 1. The zero-order valence-corrected chi connectivity index (χ0v) is 13.6. The zero-order chi connectivity index (χ0) is 16.2. The number of nitrogens with one attached hydrogen (secondary N) is 1. The Morgan fingerprint density at radius 1 is 1.26 bits per heavy atom. The van der Waals surface area contributed by atoms with Gasteiger partial charge >= 0.3 is 0 Å². The molecule has 5 nitrogen and oxygen atoms in total. The lowest BCUT2D eigenvalue weighted by molar-refractivity contribution is -0.119. The van der Waals surface area contributed by atoms with Gasteiger partial charge in [-0.25, -0.2) is 0 Å². The summed E-state index contributed by atoms with van der Waals surface area (Å²) in [7, 11) is 0. The SMILES string of the molecule is CSc1ccc(NC(=O)C2CCCN2C(=O)c2ccco2)cc1. The van der Waals surface area contributed by atoms with Crippen LogP contribution >= 0.6 is 11.8 Å². The van der Waals surface area contributed by atoms with E-state index in [4.69, 9.17) is 4.42 Å². The quantitative estimate of drug-likeness (QED) is 0.874. The highest BCUT2D eigenvalue weighted by atomic mass is 32.2. The van der Waals surface area contributed by atoms with Crippen LogP contribution in [0.2, 0.25) is 0 Å². The minimum atomic E-state index is -0.451. The lowest BCUT2D eigenvalue weighted by Crippen LogP contribution is -2.43. The van der Waals surface area contributed by atoms with Crippen molar-refractivity contribution in [3.8, 4) is 0 Å². The smallest absolute Gasteiger partial charge is 0.290 e. The molecule has 1 N–H and O–H groups in total. The summed E-state index contributed by atoms with van der Waals surface area (Å²) in [5, 5.41) is 2.89. The van der Waals surface area contributed by atoms with Crippen LogP contribution in [-0.4, -0.2) is 35.6 Å². The van der Waals surface area contributed by atoms with Gasteiger partial charge in [0.2, 0.25) is 5.91 Å². The standard InChI is InChI=1S/C17H18N2O3S/c1-23-13-8-6-12(7-9-13)18-16(20)14-4-2-10-19(14)17(21)15-5-3-11-22-15/h3,5-9,11,14H,2,4,10H2,1H3,(H,18,20). The lowest BCUT2D eigenvalue weighted by Gasteiger charge is -2.23. The molecule has 1 aromatic carbocycles. The van der Waals surface area contributed by atoms with Crippen molar-refractivity contribution in [2.45, 2.75) is 23.8 Å². The molecule has 1 aromatic heterocycles. The predicted octanol–water partition coefficient (Wildman–Crippen LogP) is 3.24. The Morgan fingerprint density at radius 2 is 2.04 bits per heavy atom. The fraction of sp³-hybridized carbons (Fsp3) is 0.294. The van der Waals surface area contributed by atoms with Gasteiger partial charge in [0.1, 0.15) is 6.04 Å². The average Bonchev–Trinajstić information content (AvgIpc) is 3.26. The van der Waals surface area contributed by atoms with Crippen molar-refractivity contribution in [3.63, 3.8) is 0 Å². The van der Waals surface area contributed by atoms with Crippen LogP contribution in [0.25, 0.3) is 0 Å². The van der Waals surface area contributed by atoms with Crippen LogP contribution in [0.15, 0.2) is 52.0 Å². The molecule has 1 unspecified atom stereocenters. The topological polar surface area (TPSA) is 62.6 Å². The Labute approximate surface area is 139 Å². The number of thioether (sulfide) groups is 1. The van der Waals surface area contributed by atoms with Gasteiger partial charge in [0.05, 0.1) is 6.26 Å². The zero-order valence-electron chi connectivity index (χ0n) is 12.8. The van der Waals surface area contributed by atoms with E-state index in [1.165, 1.54) is 6.26 Å². The molecule has 2 amide bonds. The van der Waals surface area contributed by atoms with Gasteiger partial charge in [0, 0.05) is 17.1 Å². The number of nitrogens with zero attached hydrogens (tertiary/aromatic N) is 1. The number of likely N-dealkylation sites (tertiary alicyclic amines) is 1. The molecule has 0 bridgehead atoms. The first-order chi connectivity index (χ1) is 11.2. The van der Waals surface area contributed by atoms with Gasteiger partial charge in [0.25, 0.3) is 5.91 Å². The van der Waals surface area contributed by atoms with E-state index in [9.17, 15) is 9.59 Å². The fourth-order valence-electron chi connectivity index (χ4n) is 2.72. The molecule has 120 valence electrons. The van der Waals surface area contributed by atoms with Crippen LogP contribution in [0.3, 0.4) is 0 Å². The minimum Gasteiger partial charge on any atom is -0.459 e. The van der Waals surface area contributed by atoms with Crippen molar-refractivity contribution >= 4 is 29.3 Å². The Kier molecular flexibility index (Phi) is 4.71. The molecule has 1 fully saturated rings. The van der Waals surface area contributed by atoms with E-state index in [-0.39, 0.29) is 17.6 Å². The van der Waals surface area contributed by atoms with Crippen LogP contribution in [0, 0.1) is 0 Å². The third-order valence-corrected chi connectivity index (χ3v) is 4.65. The highest BCUT2D eigenvalue weighted by Crippen LogP contribution is 2.23. The van der Waals surface area contributed by atoms with E-state index in [0.717, 1.165) is 17.0 Å². The molecule has 23 heavy (non-hydrogen) atoms. The molecule has 1 aliphatic heterocycles. The summed E-state index contributed by atoms with van der Waals surface area (Å²) in [6.45, 7) is 0.572. The van der Waals surface area contributed by atoms with Gasteiger partial charge in [-0.2, -0.15) is 0 Å². The van der Waals surface area contributed by atoms with E-state index >= 15 is 0 Å².